The molecule has 1 aliphatic carbocycles. The number of methoxy groups -OCH3 is 1. The molecule has 1 N–H and O–H groups in total. The Hall–Kier alpha value is -4.81. The van der Waals surface area contributed by atoms with Crippen molar-refractivity contribution in [1.29, 1.82) is 0 Å². The summed E-state index contributed by atoms with van der Waals surface area (Å²) in [6.45, 7) is 0.483. The van der Waals surface area contributed by atoms with Gasteiger partial charge in [-0.05, 0) is 72.0 Å². The Morgan fingerprint density at radius 3 is 2.73 bits per heavy atom. The quantitative estimate of drug-likeness (QED) is 0.260. The number of hydrogen-bond donors (Lipinski definition) is 1. The number of tetrazole rings is 1. The minimum Gasteiger partial charge on any atom is -0.497 e. The van der Waals surface area contributed by atoms with E-state index >= 15 is 0 Å². The molecule has 5 aromatic rings. The highest BCUT2D eigenvalue weighted by Crippen LogP contribution is 2.36. The molecule has 0 spiro atoms. The first-order valence-corrected chi connectivity index (χ1v) is 13.9. The van der Waals surface area contributed by atoms with E-state index in [0.29, 0.717) is 29.5 Å². The predicted molar refractivity (Wildman–Crippen MR) is 154 cm³/mol. The van der Waals surface area contributed by atoms with Gasteiger partial charge in [0, 0.05) is 33.7 Å². The van der Waals surface area contributed by atoms with Crippen molar-refractivity contribution in [3.05, 3.63) is 106 Å². The number of benzene rings is 3. The third-order valence-electron chi connectivity index (χ3n) is 6.80. The first-order valence-electron chi connectivity index (χ1n) is 13.0. The van der Waals surface area contributed by atoms with E-state index in [1.807, 2.05) is 60.7 Å². The predicted octanol–water partition coefficient (Wildman–Crippen LogP) is 5.77. The van der Waals surface area contributed by atoms with Crippen LogP contribution in [0.3, 0.4) is 0 Å². The number of aromatic nitrogens is 5. The monoisotopic (exact) mass is 546 g/mol. The number of nitrogens with zero attached hydrogens (tertiary/aromatic N) is 5. The maximum Gasteiger partial charge on any atom is 0.255 e. The molecule has 8 nitrogen and oxygen atoms in total. The van der Waals surface area contributed by atoms with Gasteiger partial charge in [-0.3, -0.25) is 4.79 Å². The smallest absolute Gasteiger partial charge is 0.255 e. The van der Waals surface area contributed by atoms with Crippen molar-refractivity contribution in [3.8, 4) is 29.0 Å². The van der Waals surface area contributed by atoms with Gasteiger partial charge in [0.25, 0.3) is 5.91 Å². The maximum absolute atomic E-state index is 13.0. The molecule has 9 heteroatoms. The normalized spacial score (nSPS) is 12.7. The van der Waals surface area contributed by atoms with Crippen molar-refractivity contribution in [2.45, 2.75) is 31.7 Å². The summed E-state index contributed by atoms with van der Waals surface area (Å²) in [6, 6.07) is 22.4. The summed E-state index contributed by atoms with van der Waals surface area (Å²) in [7, 11) is 1.64. The van der Waals surface area contributed by atoms with E-state index in [-0.39, 0.29) is 5.91 Å². The van der Waals surface area contributed by atoms with Gasteiger partial charge in [-0.1, -0.05) is 42.7 Å². The minimum absolute atomic E-state index is 0.224. The molecule has 1 aliphatic rings. The summed E-state index contributed by atoms with van der Waals surface area (Å²) in [5.41, 5.74) is 4.86. The number of hydrogen-bond acceptors (Lipinski definition) is 7. The molecule has 0 unspecified atom stereocenters. The minimum atomic E-state index is -0.224. The number of anilines is 1. The Morgan fingerprint density at radius 2 is 1.93 bits per heavy atom. The first kappa shape index (κ1) is 25.5. The highest BCUT2D eigenvalue weighted by Gasteiger charge is 2.21. The lowest BCUT2D eigenvalue weighted by molar-refractivity contribution is 0.102. The van der Waals surface area contributed by atoms with Crippen LogP contribution in [0.15, 0.2) is 78.2 Å². The van der Waals surface area contributed by atoms with Gasteiger partial charge in [-0.2, -0.15) is 4.80 Å². The lowest BCUT2D eigenvalue weighted by atomic mass is 9.83. The molecule has 1 fully saturated rings. The molecule has 0 radical (unpaired) electrons. The summed E-state index contributed by atoms with van der Waals surface area (Å²) in [4.78, 5) is 19.2. The van der Waals surface area contributed by atoms with E-state index in [9.17, 15) is 4.79 Å². The van der Waals surface area contributed by atoms with Crippen molar-refractivity contribution in [2.24, 2.45) is 0 Å². The van der Waals surface area contributed by atoms with Crippen LogP contribution in [0.2, 0.25) is 0 Å². The molecule has 2 heterocycles. The van der Waals surface area contributed by atoms with Crippen LogP contribution in [0.25, 0.3) is 11.4 Å². The largest absolute Gasteiger partial charge is 0.497 e. The highest BCUT2D eigenvalue weighted by molar-refractivity contribution is 7.10. The molecule has 0 bridgehead atoms. The molecular formula is C31H26N6O2S. The lowest BCUT2D eigenvalue weighted by Gasteiger charge is -2.22. The van der Waals surface area contributed by atoms with Crippen LogP contribution in [0, 0.1) is 11.8 Å². The number of ether oxygens (including phenoxy) is 1. The van der Waals surface area contributed by atoms with E-state index in [0.717, 1.165) is 33.1 Å². The molecule has 3 aromatic carbocycles. The zero-order valence-electron chi connectivity index (χ0n) is 21.9. The van der Waals surface area contributed by atoms with Crippen LogP contribution in [0.4, 0.5) is 5.69 Å². The number of carbonyl (C=O) groups excluding carboxylic acids is 1. The summed E-state index contributed by atoms with van der Waals surface area (Å²) in [6.07, 6.45) is 3.72. The van der Waals surface area contributed by atoms with Crippen molar-refractivity contribution in [3.63, 3.8) is 0 Å². The van der Waals surface area contributed by atoms with E-state index in [2.05, 4.69) is 42.9 Å². The van der Waals surface area contributed by atoms with Crippen LogP contribution < -0.4 is 10.1 Å². The summed E-state index contributed by atoms with van der Waals surface area (Å²) < 4.78 is 5.21. The van der Waals surface area contributed by atoms with Gasteiger partial charge in [0.05, 0.1) is 19.3 Å². The molecule has 0 atom stereocenters. The van der Waals surface area contributed by atoms with Gasteiger partial charge >= 0.3 is 0 Å². The Bertz CT molecular complexity index is 1710. The average Bonchev–Trinajstić information content (AvgIpc) is 3.62. The fraction of sp³-hybridized carbons (Fsp3) is 0.194. The second-order valence-corrected chi connectivity index (χ2v) is 10.4. The van der Waals surface area contributed by atoms with Crippen LogP contribution in [-0.2, 0) is 6.54 Å². The molecule has 40 heavy (non-hydrogen) atoms. The number of thiazole rings is 1. The molecule has 0 aliphatic heterocycles. The average molecular weight is 547 g/mol. The molecular weight excluding hydrogens is 520 g/mol. The standard InChI is InChI=1S/C31H26N6O2S/c1-39-27-14-11-22(12-15-27)19-37-35-30(34-36-37)24-8-4-10-26(18-24)32-31(38)25-9-2-5-21(17-25)13-16-29-33-28(20-40-29)23-6-3-7-23/h2,4-5,8-12,14-15,17-18,20,23H,3,6-7,19H2,1H3,(H,32,38). The second-order valence-electron chi connectivity index (χ2n) is 9.56. The summed E-state index contributed by atoms with van der Waals surface area (Å²) in [5.74, 6) is 7.94. The van der Waals surface area contributed by atoms with Gasteiger partial charge < -0.3 is 10.1 Å². The molecule has 1 amide bonds. The zero-order chi connectivity index (χ0) is 27.3. The third-order valence-corrected chi connectivity index (χ3v) is 7.57. The van der Waals surface area contributed by atoms with Gasteiger partial charge in [0.1, 0.15) is 5.75 Å². The second kappa shape index (κ2) is 11.5. The number of rotatable bonds is 7. The van der Waals surface area contributed by atoms with Crippen LogP contribution in [0.5, 0.6) is 5.75 Å². The molecule has 2 aromatic heterocycles. The Morgan fingerprint density at radius 1 is 1.07 bits per heavy atom. The fourth-order valence-electron chi connectivity index (χ4n) is 4.36. The Kier molecular flexibility index (Phi) is 7.33. The van der Waals surface area contributed by atoms with E-state index in [4.69, 9.17) is 4.74 Å². The topological polar surface area (TPSA) is 94.8 Å². The van der Waals surface area contributed by atoms with Crippen LogP contribution in [0.1, 0.15) is 57.4 Å². The lowest BCUT2D eigenvalue weighted by Crippen LogP contribution is -2.12. The van der Waals surface area contributed by atoms with Crippen LogP contribution >= 0.6 is 11.3 Å². The van der Waals surface area contributed by atoms with Crippen molar-refractivity contribution in [2.75, 3.05) is 12.4 Å². The summed E-state index contributed by atoms with van der Waals surface area (Å²) >= 11 is 1.58. The van der Waals surface area contributed by atoms with E-state index in [1.165, 1.54) is 24.1 Å². The van der Waals surface area contributed by atoms with Crippen molar-refractivity contribution >= 4 is 22.9 Å². The van der Waals surface area contributed by atoms with Crippen molar-refractivity contribution < 1.29 is 9.53 Å². The number of amides is 1. The molecule has 1 saturated carbocycles. The highest BCUT2D eigenvalue weighted by atomic mass is 32.1. The van der Waals surface area contributed by atoms with E-state index in [1.54, 1.807) is 30.6 Å². The van der Waals surface area contributed by atoms with Crippen molar-refractivity contribution in [1.82, 2.24) is 25.2 Å². The fourth-order valence-corrected chi connectivity index (χ4v) is 5.10. The van der Waals surface area contributed by atoms with Gasteiger partial charge in [0.2, 0.25) is 5.82 Å². The first-order chi connectivity index (χ1) is 19.6. The number of carbonyl (C=O) groups is 1. The number of nitrogens with one attached hydrogen (secondary N) is 1. The molecule has 198 valence electrons. The third kappa shape index (κ3) is 5.92. The summed E-state index contributed by atoms with van der Waals surface area (Å²) in [5, 5.41) is 18.8. The SMILES string of the molecule is COc1ccc(Cn2nnc(-c3cccc(NC(=O)c4cccc(C#Cc5nc(C6CCC6)cs5)c4)c3)n2)cc1. The zero-order valence-corrected chi connectivity index (χ0v) is 22.7. The molecule has 0 saturated heterocycles. The van der Waals surface area contributed by atoms with E-state index < -0.39 is 0 Å². The Balaban J connectivity index is 1.11. The maximum atomic E-state index is 13.0. The van der Waals surface area contributed by atoms with Gasteiger partial charge in [-0.15, -0.1) is 21.5 Å². The Labute approximate surface area is 236 Å². The molecule has 6 rings (SSSR count). The van der Waals surface area contributed by atoms with Crippen LogP contribution in [-0.4, -0.2) is 38.2 Å². The van der Waals surface area contributed by atoms with Gasteiger partial charge in [-0.25, -0.2) is 4.98 Å². The van der Waals surface area contributed by atoms with Gasteiger partial charge in [0.15, 0.2) is 5.01 Å².